The van der Waals surface area contributed by atoms with Gasteiger partial charge in [0.05, 0.1) is 12.3 Å². The number of ether oxygens (including phenoxy) is 1. The van der Waals surface area contributed by atoms with Crippen molar-refractivity contribution in [2.45, 2.75) is 13.5 Å². The Morgan fingerprint density at radius 1 is 1.17 bits per heavy atom. The number of benzene rings is 2. The van der Waals surface area contributed by atoms with Crippen LogP contribution in [0.5, 0.6) is 5.75 Å². The van der Waals surface area contributed by atoms with E-state index >= 15 is 0 Å². The molecule has 0 aliphatic carbocycles. The Labute approximate surface area is 140 Å². The van der Waals surface area contributed by atoms with Gasteiger partial charge in [0.1, 0.15) is 25.0 Å². The molecule has 0 radical (unpaired) electrons. The van der Waals surface area contributed by atoms with Crippen LogP contribution in [-0.2, 0) is 6.54 Å². The molecule has 2 aromatic carbocycles. The third-order valence-corrected chi connectivity index (χ3v) is 3.64. The average molecular weight is 324 g/mol. The zero-order valence-corrected chi connectivity index (χ0v) is 13.5. The van der Waals surface area contributed by atoms with E-state index in [1.54, 1.807) is 11.0 Å². The fourth-order valence-electron chi connectivity index (χ4n) is 2.45. The lowest BCUT2D eigenvalue weighted by Crippen LogP contribution is -2.03. The number of aliphatic hydroxyl groups excluding tert-OH is 1. The van der Waals surface area contributed by atoms with Gasteiger partial charge in [-0.15, -0.1) is 0 Å². The summed E-state index contributed by atoms with van der Waals surface area (Å²) >= 11 is 0. The third-order valence-electron chi connectivity index (χ3n) is 3.64. The quantitative estimate of drug-likeness (QED) is 0.699. The van der Waals surface area contributed by atoms with Gasteiger partial charge in [-0.3, -0.25) is 0 Å². The number of hydrogen-bond donors (Lipinski definition) is 2. The lowest BCUT2D eigenvalue weighted by atomic mass is 10.1. The second-order valence-corrected chi connectivity index (χ2v) is 5.41. The molecule has 0 atom stereocenters. The van der Waals surface area contributed by atoms with Gasteiger partial charge in [0.15, 0.2) is 0 Å². The number of aromatic nitrogens is 3. The number of aryl methyl sites for hydroxylation is 1. The summed E-state index contributed by atoms with van der Waals surface area (Å²) in [5.41, 5.74) is 4.38. The molecule has 0 spiro atoms. The van der Waals surface area contributed by atoms with Gasteiger partial charge in [-0.1, -0.05) is 12.1 Å². The minimum Gasteiger partial charge on any atom is -0.491 e. The van der Waals surface area contributed by atoms with E-state index in [1.807, 2.05) is 30.3 Å². The normalized spacial score (nSPS) is 10.6. The molecule has 0 unspecified atom stereocenters. The molecule has 2 N–H and O–H groups in total. The Kier molecular flexibility index (Phi) is 5.08. The molecule has 6 nitrogen and oxygen atoms in total. The van der Waals surface area contributed by atoms with E-state index in [4.69, 9.17) is 9.84 Å². The molecule has 0 fully saturated rings. The lowest BCUT2D eigenvalue weighted by molar-refractivity contribution is 0.201. The highest BCUT2D eigenvalue weighted by Gasteiger charge is 2.03. The van der Waals surface area contributed by atoms with Crippen LogP contribution in [0.4, 0.5) is 5.69 Å². The second kappa shape index (κ2) is 7.61. The molecule has 1 heterocycles. The summed E-state index contributed by atoms with van der Waals surface area (Å²) in [6.45, 7) is 3.12. The van der Waals surface area contributed by atoms with Crippen LogP contribution in [0.25, 0.3) is 5.69 Å². The van der Waals surface area contributed by atoms with Crippen LogP contribution in [0.2, 0.25) is 0 Å². The molecular weight excluding hydrogens is 304 g/mol. The number of nitrogens with one attached hydrogen (secondary N) is 1. The van der Waals surface area contributed by atoms with Crippen LogP contribution in [0.15, 0.2) is 55.1 Å². The highest BCUT2D eigenvalue weighted by Crippen LogP contribution is 2.18. The maximum atomic E-state index is 8.75. The minimum atomic E-state index is 0.0178. The van der Waals surface area contributed by atoms with Gasteiger partial charge in [-0.2, -0.15) is 5.10 Å². The predicted molar refractivity (Wildman–Crippen MR) is 92.4 cm³/mol. The Hall–Kier alpha value is -2.86. The second-order valence-electron chi connectivity index (χ2n) is 5.41. The number of anilines is 1. The maximum Gasteiger partial charge on any atom is 0.138 e. The van der Waals surface area contributed by atoms with Crippen LogP contribution in [0, 0.1) is 6.92 Å². The van der Waals surface area contributed by atoms with Gasteiger partial charge in [0, 0.05) is 12.2 Å². The van der Waals surface area contributed by atoms with E-state index in [1.165, 1.54) is 11.9 Å². The molecule has 6 heteroatoms. The van der Waals surface area contributed by atoms with Crippen molar-refractivity contribution in [1.29, 1.82) is 0 Å². The molecule has 0 saturated heterocycles. The first-order chi connectivity index (χ1) is 11.8. The van der Waals surface area contributed by atoms with Crippen molar-refractivity contribution >= 4 is 5.69 Å². The summed E-state index contributed by atoms with van der Waals surface area (Å²) in [4.78, 5) is 3.98. The van der Waals surface area contributed by atoms with E-state index in [2.05, 4.69) is 34.5 Å². The van der Waals surface area contributed by atoms with Crippen molar-refractivity contribution in [3.63, 3.8) is 0 Å². The highest BCUT2D eigenvalue weighted by molar-refractivity contribution is 5.48. The summed E-state index contributed by atoms with van der Waals surface area (Å²) in [7, 11) is 0. The molecule has 24 heavy (non-hydrogen) atoms. The van der Waals surface area contributed by atoms with Crippen LogP contribution < -0.4 is 10.1 Å². The highest BCUT2D eigenvalue weighted by atomic mass is 16.5. The van der Waals surface area contributed by atoms with Gasteiger partial charge >= 0.3 is 0 Å². The van der Waals surface area contributed by atoms with Crippen LogP contribution in [0.3, 0.4) is 0 Å². The average Bonchev–Trinajstić information content (AvgIpc) is 3.13. The van der Waals surface area contributed by atoms with E-state index in [0.29, 0.717) is 6.61 Å². The zero-order chi connectivity index (χ0) is 16.8. The van der Waals surface area contributed by atoms with Gasteiger partial charge < -0.3 is 15.2 Å². The Bertz CT molecular complexity index is 770. The summed E-state index contributed by atoms with van der Waals surface area (Å²) < 4.78 is 7.11. The van der Waals surface area contributed by atoms with E-state index in [-0.39, 0.29) is 6.61 Å². The Morgan fingerprint density at radius 2 is 2.00 bits per heavy atom. The van der Waals surface area contributed by atoms with Crippen molar-refractivity contribution in [1.82, 2.24) is 14.8 Å². The zero-order valence-electron chi connectivity index (χ0n) is 13.5. The van der Waals surface area contributed by atoms with Crippen molar-refractivity contribution in [2.24, 2.45) is 0 Å². The van der Waals surface area contributed by atoms with Crippen LogP contribution >= 0.6 is 0 Å². The van der Waals surface area contributed by atoms with Crippen molar-refractivity contribution < 1.29 is 9.84 Å². The smallest absolute Gasteiger partial charge is 0.138 e. The molecule has 1 aromatic heterocycles. The van der Waals surface area contributed by atoms with Gasteiger partial charge in [0.2, 0.25) is 0 Å². The first-order valence-electron chi connectivity index (χ1n) is 7.78. The predicted octanol–water partition coefficient (Wildman–Crippen LogP) is 2.56. The number of nitrogens with zero attached hydrogens (tertiary/aromatic N) is 3. The SMILES string of the molecule is Cc1cc(CNc2ccc(OCCO)cc2)ccc1-n1cncn1. The number of rotatable bonds is 7. The maximum absolute atomic E-state index is 8.75. The fraction of sp³-hybridized carbons (Fsp3) is 0.222. The summed E-state index contributed by atoms with van der Waals surface area (Å²) in [6, 6.07) is 14.0. The van der Waals surface area contributed by atoms with Gasteiger partial charge in [-0.25, -0.2) is 9.67 Å². The topological polar surface area (TPSA) is 72.2 Å². The first kappa shape index (κ1) is 16.0. The van der Waals surface area contributed by atoms with Crippen molar-refractivity contribution in [3.05, 3.63) is 66.2 Å². The monoisotopic (exact) mass is 324 g/mol. The van der Waals surface area contributed by atoms with Crippen molar-refractivity contribution in [2.75, 3.05) is 18.5 Å². The van der Waals surface area contributed by atoms with E-state index in [0.717, 1.165) is 29.2 Å². The van der Waals surface area contributed by atoms with Crippen molar-refractivity contribution in [3.8, 4) is 11.4 Å². The Balaban J connectivity index is 1.61. The largest absolute Gasteiger partial charge is 0.491 e. The molecule has 3 aromatic rings. The molecule has 0 amide bonds. The third kappa shape index (κ3) is 3.91. The molecule has 124 valence electrons. The summed E-state index contributed by atoms with van der Waals surface area (Å²) in [5.74, 6) is 0.752. The van der Waals surface area contributed by atoms with Gasteiger partial charge in [-0.05, 0) is 48.4 Å². The van der Waals surface area contributed by atoms with E-state index in [9.17, 15) is 0 Å². The number of hydrogen-bond acceptors (Lipinski definition) is 5. The van der Waals surface area contributed by atoms with Gasteiger partial charge in [0.25, 0.3) is 0 Å². The molecule has 0 bridgehead atoms. The first-order valence-corrected chi connectivity index (χ1v) is 7.78. The Morgan fingerprint density at radius 3 is 2.67 bits per heavy atom. The molecule has 0 aliphatic rings. The van der Waals surface area contributed by atoms with Crippen LogP contribution in [-0.4, -0.2) is 33.1 Å². The molecular formula is C18H20N4O2. The molecule has 0 saturated carbocycles. The number of aliphatic hydroxyl groups is 1. The molecule has 0 aliphatic heterocycles. The summed E-state index contributed by atoms with van der Waals surface area (Å²) in [6.07, 6.45) is 3.23. The standard InChI is InChI=1S/C18H20N4O2/c1-14-10-15(2-7-18(14)22-13-19-12-21-22)11-20-16-3-5-17(6-4-16)24-9-8-23/h2-7,10,12-13,20,23H,8-9,11H2,1H3. The summed E-state index contributed by atoms with van der Waals surface area (Å²) in [5, 5.41) is 16.3. The van der Waals surface area contributed by atoms with E-state index < -0.39 is 0 Å². The molecule has 3 rings (SSSR count). The lowest BCUT2D eigenvalue weighted by Gasteiger charge is -2.11. The fourth-order valence-corrected chi connectivity index (χ4v) is 2.45. The minimum absolute atomic E-state index is 0.0178. The van der Waals surface area contributed by atoms with Crippen LogP contribution in [0.1, 0.15) is 11.1 Å².